The molecule has 2 heterocycles. The first-order valence-corrected chi connectivity index (χ1v) is 7.58. The quantitative estimate of drug-likeness (QED) is 0.850. The maximum absolute atomic E-state index is 12.0. The molecule has 1 fully saturated rings. The van der Waals surface area contributed by atoms with Crippen LogP contribution in [0.4, 0.5) is 0 Å². The number of carbonyl (C=O) groups is 1. The van der Waals surface area contributed by atoms with Gasteiger partial charge >= 0.3 is 0 Å². The normalized spacial score (nSPS) is 22.2. The highest BCUT2D eigenvalue weighted by Crippen LogP contribution is 2.34. The first-order valence-electron chi connectivity index (χ1n) is 7.58. The maximum atomic E-state index is 12.0. The van der Waals surface area contributed by atoms with E-state index in [-0.39, 0.29) is 24.7 Å². The lowest BCUT2D eigenvalue weighted by molar-refractivity contribution is -0.132. The summed E-state index contributed by atoms with van der Waals surface area (Å²) in [5, 5.41) is 4.17. The molecule has 2 aliphatic heterocycles. The van der Waals surface area contributed by atoms with Crippen LogP contribution >= 0.6 is 0 Å². The number of likely N-dealkylation sites (N-methyl/N-ethyl adjacent to an activating group) is 1. The predicted molar refractivity (Wildman–Crippen MR) is 79.0 cm³/mol. The molecule has 1 aromatic rings. The third-order valence-electron chi connectivity index (χ3n) is 4.22. The Morgan fingerprint density at radius 3 is 2.95 bits per heavy atom. The van der Waals surface area contributed by atoms with Gasteiger partial charge in [0.1, 0.15) is 0 Å². The molecule has 116 valence electrons. The molecular formula is C16H18N2O4. The number of oxime groups is 1. The molecule has 1 saturated carbocycles. The van der Waals surface area contributed by atoms with E-state index in [1.165, 1.54) is 0 Å². The summed E-state index contributed by atoms with van der Waals surface area (Å²) in [5.74, 6) is 1.96. The molecule has 3 aliphatic rings. The summed E-state index contributed by atoms with van der Waals surface area (Å²) in [6.45, 7) is 0.839. The van der Waals surface area contributed by atoms with Gasteiger partial charge in [0.15, 0.2) is 17.6 Å². The molecule has 0 radical (unpaired) electrons. The van der Waals surface area contributed by atoms with Crippen LogP contribution in [0.2, 0.25) is 0 Å². The Hall–Kier alpha value is -2.24. The van der Waals surface area contributed by atoms with E-state index in [1.807, 2.05) is 25.2 Å². The number of fused-ring (bicyclic) bond motifs is 1. The lowest BCUT2D eigenvalue weighted by atomic mass is 10.0. The van der Waals surface area contributed by atoms with Gasteiger partial charge in [-0.2, -0.15) is 0 Å². The van der Waals surface area contributed by atoms with Crippen LogP contribution in [0.15, 0.2) is 23.4 Å². The van der Waals surface area contributed by atoms with Gasteiger partial charge in [-0.1, -0.05) is 5.16 Å². The zero-order valence-corrected chi connectivity index (χ0v) is 12.4. The summed E-state index contributed by atoms with van der Waals surface area (Å²) >= 11 is 0. The van der Waals surface area contributed by atoms with Crippen LogP contribution in [0, 0.1) is 5.92 Å². The van der Waals surface area contributed by atoms with E-state index in [1.54, 1.807) is 4.90 Å². The minimum Gasteiger partial charge on any atom is -0.454 e. The van der Waals surface area contributed by atoms with Crippen LogP contribution in [0.5, 0.6) is 11.5 Å². The molecule has 0 bridgehead atoms. The van der Waals surface area contributed by atoms with E-state index in [0.29, 0.717) is 13.0 Å². The Bertz CT molecular complexity index is 639. The average Bonchev–Trinajstić information content (AvgIpc) is 3.08. The van der Waals surface area contributed by atoms with Crippen LogP contribution < -0.4 is 9.47 Å². The van der Waals surface area contributed by atoms with E-state index in [9.17, 15) is 4.79 Å². The van der Waals surface area contributed by atoms with E-state index in [2.05, 4.69) is 5.16 Å². The lowest BCUT2D eigenvalue weighted by Crippen LogP contribution is -2.35. The van der Waals surface area contributed by atoms with E-state index >= 15 is 0 Å². The molecule has 1 aromatic carbocycles. The Kier molecular flexibility index (Phi) is 3.17. The molecule has 1 aliphatic carbocycles. The van der Waals surface area contributed by atoms with Crippen molar-refractivity contribution in [3.63, 3.8) is 0 Å². The first kappa shape index (κ1) is 13.4. The monoisotopic (exact) mass is 302 g/mol. The summed E-state index contributed by atoms with van der Waals surface area (Å²) in [4.78, 5) is 19.2. The molecule has 0 saturated heterocycles. The van der Waals surface area contributed by atoms with Crippen molar-refractivity contribution in [3.05, 3.63) is 23.8 Å². The highest BCUT2D eigenvalue weighted by atomic mass is 16.7. The molecular weight excluding hydrogens is 284 g/mol. The number of carbonyl (C=O) groups excluding carboxylic acids is 1. The maximum Gasteiger partial charge on any atom is 0.231 e. The average molecular weight is 302 g/mol. The van der Waals surface area contributed by atoms with Crippen molar-refractivity contribution in [2.45, 2.75) is 25.4 Å². The van der Waals surface area contributed by atoms with Crippen molar-refractivity contribution in [2.75, 3.05) is 20.4 Å². The highest BCUT2D eigenvalue weighted by Gasteiger charge is 2.34. The van der Waals surface area contributed by atoms with E-state index in [0.717, 1.165) is 35.6 Å². The van der Waals surface area contributed by atoms with Crippen LogP contribution in [0.3, 0.4) is 0 Å². The van der Waals surface area contributed by atoms with Crippen LogP contribution in [0.25, 0.3) is 0 Å². The minimum absolute atomic E-state index is 0.0758. The van der Waals surface area contributed by atoms with Crippen LogP contribution in [-0.4, -0.2) is 43.0 Å². The molecule has 6 nitrogen and oxygen atoms in total. The van der Waals surface area contributed by atoms with Gasteiger partial charge in [-0.3, -0.25) is 4.79 Å². The van der Waals surface area contributed by atoms with Gasteiger partial charge in [-0.25, -0.2) is 0 Å². The molecule has 6 heteroatoms. The molecule has 1 unspecified atom stereocenters. The van der Waals surface area contributed by atoms with Gasteiger partial charge in [0.2, 0.25) is 12.7 Å². The largest absolute Gasteiger partial charge is 0.454 e. The van der Waals surface area contributed by atoms with E-state index < -0.39 is 0 Å². The van der Waals surface area contributed by atoms with Gasteiger partial charge in [0.05, 0.1) is 12.3 Å². The highest BCUT2D eigenvalue weighted by molar-refractivity contribution is 6.01. The molecule has 1 amide bonds. The number of ether oxygens (including phenoxy) is 2. The lowest BCUT2D eigenvalue weighted by Gasteiger charge is -2.19. The summed E-state index contributed by atoms with van der Waals surface area (Å²) in [6, 6.07) is 5.76. The summed E-state index contributed by atoms with van der Waals surface area (Å²) < 4.78 is 10.7. The van der Waals surface area contributed by atoms with Gasteiger partial charge in [-0.15, -0.1) is 0 Å². The number of benzene rings is 1. The summed E-state index contributed by atoms with van der Waals surface area (Å²) in [7, 11) is 1.84. The Morgan fingerprint density at radius 2 is 2.14 bits per heavy atom. The van der Waals surface area contributed by atoms with Crippen molar-refractivity contribution in [3.8, 4) is 11.5 Å². The molecule has 0 N–H and O–H groups in total. The van der Waals surface area contributed by atoms with Crippen LogP contribution in [0.1, 0.15) is 24.8 Å². The SMILES string of the molecule is CN(CC1CC(c2ccc3c(c2)OCO3)=NO1)C(=O)C1CC1. The van der Waals surface area contributed by atoms with Gasteiger partial charge in [-0.05, 0) is 31.0 Å². The fraction of sp³-hybridized carbons (Fsp3) is 0.500. The Balaban J connectivity index is 1.38. The van der Waals surface area contributed by atoms with Gasteiger partial charge < -0.3 is 19.2 Å². The fourth-order valence-electron chi connectivity index (χ4n) is 2.81. The van der Waals surface area contributed by atoms with Crippen molar-refractivity contribution in [1.82, 2.24) is 4.90 Å². The van der Waals surface area contributed by atoms with Crippen molar-refractivity contribution >= 4 is 11.6 Å². The number of rotatable bonds is 4. The number of amides is 1. The molecule has 4 rings (SSSR count). The minimum atomic E-state index is -0.0758. The standard InChI is InChI=1S/C16H18N2O4/c1-18(16(19)10-2-3-10)8-12-7-13(17-22-12)11-4-5-14-15(6-11)21-9-20-14/h4-6,10,12H,2-3,7-9H2,1H3. The predicted octanol–water partition coefficient (Wildman–Crippen LogP) is 1.78. The molecule has 1 atom stereocenters. The van der Waals surface area contributed by atoms with Crippen molar-refractivity contribution in [1.29, 1.82) is 0 Å². The summed E-state index contributed by atoms with van der Waals surface area (Å²) in [5.41, 5.74) is 1.86. The van der Waals surface area contributed by atoms with Crippen LogP contribution in [-0.2, 0) is 9.63 Å². The molecule has 22 heavy (non-hydrogen) atoms. The van der Waals surface area contributed by atoms with Gasteiger partial charge in [0.25, 0.3) is 0 Å². The second-order valence-corrected chi connectivity index (χ2v) is 6.03. The summed E-state index contributed by atoms with van der Waals surface area (Å²) in [6.07, 6.45) is 2.66. The molecule has 0 spiro atoms. The zero-order chi connectivity index (χ0) is 15.1. The third kappa shape index (κ3) is 2.49. The Labute approximate surface area is 128 Å². The number of nitrogens with zero attached hydrogens (tertiary/aromatic N) is 2. The number of hydrogen-bond donors (Lipinski definition) is 0. The fourth-order valence-corrected chi connectivity index (χ4v) is 2.81. The zero-order valence-electron chi connectivity index (χ0n) is 12.4. The molecule has 0 aromatic heterocycles. The smallest absolute Gasteiger partial charge is 0.231 e. The van der Waals surface area contributed by atoms with Crippen molar-refractivity contribution < 1.29 is 19.1 Å². The van der Waals surface area contributed by atoms with Gasteiger partial charge in [0, 0.05) is 24.9 Å². The topological polar surface area (TPSA) is 60.4 Å². The second kappa shape index (κ2) is 5.19. The Morgan fingerprint density at radius 1 is 1.32 bits per heavy atom. The second-order valence-electron chi connectivity index (χ2n) is 6.03. The number of hydrogen-bond acceptors (Lipinski definition) is 5. The van der Waals surface area contributed by atoms with Crippen molar-refractivity contribution in [2.24, 2.45) is 11.1 Å². The van der Waals surface area contributed by atoms with E-state index in [4.69, 9.17) is 14.3 Å². The first-order chi connectivity index (χ1) is 10.7. The third-order valence-corrected chi connectivity index (χ3v) is 4.22.